The van der Waals surface area contributed by atoms with Gasteiger partial charge in [0.05, 0.1) is 10.4 Å². The Balaban J connectivity index is 1.20. The Hall–Kier alpha value is -3.50. The highest BCUT2D eigenvalue weighted by atomic mass is 32.1. The summed E-state index contributed by atoms with van der Waals surface area (Å²) in [5, 5.41) is 16.2. The van der Waals surface area contributed by atoms with Crippen molar-refractivity contribution < 1.29 is 4.92 Å². The molecule has 1 aromatic heterocycles. The summed E-state index contributed by atoms with van der Waals surface area (Å²) in [4.78, 5) is 24.8. The van der Waals surface area contributed by atoms with Gasteiger partial charge in [0, 0.05) is 81.3 Å². The van der Waals surface area contributed by atoms with Gasteiger partial charge in [0.25, 0.3) is 5.69 Å². The maximum Gasteiger partial charge on any atom is 0.269 e. The fourth-order valence-electron chi connectivity index (χ4n) is 5.06. The van der Waals surface area contributed by atoms with Gasteiger partial charge in [-0.2, -0.15) is 0 Å². The lowest BCUT2D eigenvalue weighted by Crippen LogP contribution is -2.50. The molecule has 3 aromatic rings. The standard InChI is InChI=1S/C27H33N7O2S/c1-3-30-10-12-32(13-11-30)26-18-20(2)24-19-21(4-9-25(24)29-26)28-27(37)33-16-14-31(15-17-33)22-5-7-23(8-6-22)34(35)36/h4-9,18-19H,3,10-17H2,1-2H3,(H,28,37). The summed E-state index contributed by atoms with van der Waals surface area (Å²) in [6, 6.07) is 15.2. The van der Waals surface area contributed by atoms with Gasteiger partial charge < -0.3 is 24.9 Å². The molecule has 194 valence electrons. The van der Waals surface area contributed by atoms with Crippen LogP contribution in [0.15, 0.2) is 48.5 Å². The number of pyridine rings is 1. The SMILES string of the molecule is CCN1CCN(c2cc(C)c3cc(NC(=S)N4CCN(c5ccc([N+](=O)[O-])cc5)CC4)ccc3n2)CC1. The number of anilines is 3. The molecule has 0 spiro atoms. The van der Waals surface area contributed by atoms with Crippen LogP contribution in [0.4, 0.5) is 22.9 Å². The van der Waals surface area contributed by atoms with Crippen LogP contribution < -0.4 is 15.1 Å². The third kappa shape index (κ3) is 5.60. The molecule has 0 bridgehead atoms. The number of nitro benzene ring substituents is 1. The summed E-state index contributed by atoms with van der Waals surface area (Å²) in [5.41, 5.74) is 4.28. The lowest BCUT2D eigenvalue weighted by molar-refractivity contribution is -0.384. The maximum absolute atomic E-state index is 10.9. The summed E-state index contributed by atoms with van der Waals surface area (Å²) in [5.74, 6) is 1.06. The van der Waals surface area contributed by atoms with Gasteiger partial charge in [-0.1, -0.05) is 6.92 Å². The van der Waals surface area contributed by atoms with Gasteiger partial charge in [-0.3, -0.25) is 10.1 Å². The number of aryl methyl sites for hydroxylation is 1. The Bertz CT molecular complexity index is 1280. The molecule has 0 atom stereocenters. The highest BCUT2D eigenvalue weighted by molar-refractivity contribution is 7.80. The zero-order valence-corrected chi connectivity index (χ0v) is 22.2. The van der Waals surface area contributed by atoms with Gasteiger partial charge in [0.2, 0.25) is 0 Å². The second kappa shape index (κ2) is 10.9. The molecule has 2 fully saturated rings. The minimum absolute atomic E-state index is 0.111. The van der Waals surface area contributed by atoms with Crippen LogP contribution in [0.1, 0.15) is 12.5 Å². The Morgan fingerprint density at radius 2 is 1.65 bits per heavy atom. The maximum atomic E-state index is 10.9. The minimum atomic E-state index is -0.371. The molecule has 10 heteroatoms. The number of likely N-dealkylation sites (N-methyl/N-ethyl adjacent to an activating group) is 1. The average Bonchev–Trinajstić information content (AvgIpc) is 2.93. The van der Waals surface area contributed by atoms with Crippen LogP contribution >= 0.6 is 12.2 Å². The number of hydrogen-bond acceptors (Lipinski definition) is 7. The molecule has 5 rings (SSSR count). The molecular weight excluding hydrogens is 486 g/mol. The number of rotatable bonds is 5. The molecular formula is C27H33N7O2S. The molecule has 2 aliphatic rings. The first kappa shape index (κ1) is 25.2. The van der Waals surface area contributed by atoms with Crippen LogP contribution in [0.3, 0.4) is 0 Å². The third-order valence-corrected chi connectivity index (χ3v) is 7.75. The van der Waals surface area contributed by atoms with Crippen LogP contribution in [-0.4, -0.2) is 83.7 Å². The molecule has 0 radical (unpaired) electrons. The predicted molar refractivity (Wildman–Crippen MR) is 154 cm³/mol. The van der Waals surface area contributed by atoms with Crippen LogP contribution in [0.2, 0.25) is 0 Å². The molecule has 2 aliphatic heterocycles. The van der Waals surface area contributed by atoms with Crippen molar-refractivity contribution in [1.29, 1.82) is 0 Å². The van der Waals surface area contributed by atoms with Crippen LogP contribution in [0, 0.1) is 17.0 Å². The fourth-order valence-corrected chi connectivity index (χ4v) is 5.37. The topological polar surface area (TPSA) is 81.0 Å². The fraction of sp³-hybridized carbons (Fsp3) is 0.407. The number of nitrogens with zero attached hydrogens (tertiary/aromatic N) is 6. The van der Waals surface area contributed by atoms with E-state index in [-0.39, 0.29) is 10.6 Å². The van der Waals surface area contributed by atoms with Gasteiger partial charge in [0.1, 0.15) is 5.82 Å². The Morgan fingerprint density at radius 3 is 2.30 bits per heavy atom. The predicted octanol–water partition coefficient (Wildman–Crippen LogP) is 4.11. The zero-order chi connectivity index (χ0) is 25.9. The Kier molecular flexibility index (Phi) is 7.38. The minimum Gasteiger partial charge on any atom is -0.368 e. The number of non-ortho nitro benzene ring substituents is 1. The summed E-state index contributed by atoms with van der Waals surface area (Å²) in [6.07, 6.45) is 0. The molecule has 3 heterocycles. The first-order valence-electron chi connectivity index (χ1n) is 12.9. The quantitative estimate of drug-likeness (QED) is 0.304. The van der Waals surface area contributed by atoms with Crippen molar-refractivity contribution in [2.75, 3.05) is 74.0 Å². The van der Waals surface area contributed by atoms with E-state index in [1.165, 1.54) is 5.56 Å². The second-order valence-electron chi connectivity index (χ2n) is 9.63. The molecule has 9 nitrogen and oxygen atoms in total. The lowest BCUT2D eigenvalue weighted by Gasteiger charge is -2.37. The molecule has 2 aromatic carbocycles. The molecule has 1 N–H and O–H groups in total. The highest BCUT2D eigenvalue weighted by Crippen LogP contribution is 2.27. The Labute approximate surface area is 222 Å². The van der Waals surface area contributed by atoms with E-state index in [9.17, 15) is 10.1 Å². The number of hydrogen-bond donors (Lipinski definition) is 1. The van der Waals surface area contributed by atoms with E-state index >= 15 is 0 Å². The van der Waals surface area contributed by atoms with E-state index in [0.717, 1.165) is 87.0 Å². The monoisotopic (exact) mass is 519 g/mol. The first-order valence-corrected chi connectivity index (χ1v) is 13.3. The number of nitro groups is 1. The molecule has 0 amide bonds. The van der Waals surface area contributed by atoms with Crippen molar-refractivity contribution in [2.24, 2.45) is 0 Å². The number of benzene rings is 2. The van der Waals surface area contributed by atoms with Gasteiger partial charge in [0.15, 0.2) is 5.11 Å². The van der Waals surface area contributed by atoms with E-state index in [1.807, 2.05) is 18.2 Å². The third-order valence-electron chi connectivity index (χ3n) is 7.39. The number of piperazine rings is 2. The van der Waals surface area contributed by atoms with E-state index in [4.69, 9.17) is 17.2 Å². The zero-order valence-electron chi connectivity index (χ0n) is 21.4. The first-order chi connectivity index (χ1) is 17.9. The van der Waals surface area contributed by atoms with Gasteiger partial charge in [-0.25, -0.2) is 4.98 Å². The highest BCUT2D eigenvalue weighted by Gasteiger charge is 2.21. The van der Waals surface area contributed by atoms with Crippen LogP contribution in [-0.2, 0) is 0 Å². The van der Waals surface area contributed by atoms with E-state index in [2.05, 4.69) is 57.0 Å². The van der Waals surface area contributed by atoms with Crippen molar-refractivity contribution in [3.8, 4) is 0 Å². The van der Waals surface area contributed by atoms with Crippen molar-refractivity contribution in [3.63, 3.8) is 0 Å². The summed E-state index contributed by atoms with van der Waals surface area (Å²) in [7, 11) is 0. The lowest BCUT2D eigenvalue weighted by atomic mass is 10.1. The number of aromatic nitrogens is 1. The van der Waals surface area contributed by atoms with Crippen LogP contribution in [0.5, 0.6) is 0 Å². The largest absolute Gasteiger partial charge is 0.368 e. The van der Waals surface area contributed by atoms with Crippen molar-refractivity contribution >= 4 is 51.1 Å². The van der Waals surface area contributed by atoms with E-state index in [1.54, 1.807) is 12.1 Å². The van der Waals surface area contributed by atoms with E-state index in [0.29, 0.717) is 5.11 Å². The van der Waals surface area contributed by atoms with Gasteiger partial charge in [-0.05, 0) is 67.6 Å². The normalized spacial score (nSPS) is 16.8. The summed E-state index contributed by atoms with van der Waals surface area (Å²) < 4.78 is 0. The van der Waals surface area contributed by atoms with Crippen molar-refractivity contribution in [1.82, 2.24) is 14.8 Å². The number of thiocarbonyl (C=S) groups is 1. The smallest absolute Gasteiger partial charge is 0.269 e. The summed E-state index contributed by atoms with van der Waals surface area (Å²) >= 11 is 5.73. The van der Waals surface area contributed by atoms with Crippen molar-refractivity contribution in [2.45, 2.75) is 13.8 Å². The Morgan fingerprint density at radius 1 is 0.973 bits per heavy atom. The summed E-state index contributed by atoms with van der Waals surface area (Å²) in [6.45, 7) is 12.8. The molecule has 0 unspecified atom stereocenters. The molecule has 0 aliphatic carbocycles. The number of fused-ring (bicyclic) bond motifs is 1. The van der Waals surface area contributed by atoms with Crippen molar-refractivity contribution in [3.05, 3.63) is 64.2 Å². The van der Waals surface area contributed by atoms with Crippen LogP contribution in [0.25, 0.3) is 10.9 Å². The molecule has 2 saturated heterocycles. The van der Waals surface area contributed by atoms with Gasteiger partial charge >= 0.3 is 0 Å². The molecule has 37 heavy (non-hydrogen) atoms. The average molecular weight is 520 g/mol. The second-order valence-corrected chi connectivity index (χ2v) is 10.0. The van der Waals surface area contributed by atoms with Gasteiger partial charge in [-0.15, -0.1) is 0 Å². The molecule has 0 saturated carbocycles. The number of nitrogens with one attached hydrogen (secondary N) is 1. The van der Waals surface area contributed by atoms with E-state index < -0.39 is 0 Å².